The van der Waals surface area contributed by atoms with Crippen LogP contribution < -0.4 is 0 Å². The Morgan fingerprint density at radius 3 is 2.86 bits per heavy atom. The number of fused-ring (bicyclic) bond motifs is 1. The van der Waals surface area contributed by atoms with E-state index < -0.39 is 0 Å². The lowest BCUT2D eigenvalue weighted by molar-refractivity contribution is 0.0912. The molecule has 1 aliphatic carbocycles. The predicted octanol–water partition coefficient (Wildman–Crippen LogP) is 2.30. The van der Waals surface area contributed by atoms with Crippen LogP contribution in [0.3, 0.4) is 0 Å². The van der Waals surface area contributed by atoms with Crippen molar-refractivity contribution < 1.29 is 4.79 Å². The monoisotopic (exact) mass is 192 g/mol. The summed E-state index contributed by atoms with van der Waals surface area (Å²) in [5.74, 6) is 0.755. The molecule has 0 fully saturated rings. The average molecular weight is 192 g/mol. The van der Waals surface area contributed by atoms with Crippen molar-refractivity contribution in [2.45, 2.75) is 39.5 Å². The van der Waals surface area contributed by atoms with Crippen LogP contribution in [0.1, 0.15) is 54.9 Å². The lowest BCUT2D eigenvalue weighted by Gasteiger charge is -2.17. The molecule has 1 aromatic rings. The van der Waals surface area contributed by atoms with E-state index in [9.17, 15) is 4.79 Å². The number of H-pyrrole nitrogens is 1. The molecule has 1 unspecified atom stereocenters. The molecule has 3 nitrogen and oxygen atoms in total. The molecule has 0 aliphatic heterocycles. The zero-order valence-electron chi connectivity index (χ0n) is 8.92. The molecule has 0 radical (unpaired) electrons. The minimum atomic E-state index is 0.164. The third-order valence-electron chi connectivity index (χ3n) is 2.94. The first kappa shape index (κ1) is 9.44. The van der Waals surface area contributed by atoms with Gasteiger partial charge in [-0.05, 0) is 18.8 Å². The number of nitrogens with one attached hydrogen (secondary N) is 1. The lowest BCUT2D eigenvalue weighted by Crippen LogP contribution is -2.20. The summed E-state index contributed by atoms with van der Waals surface area (Å²) in [6.45, 7) is 6.15. The van der Waals surface area contributed by atoms with Gasteiger partial charge in [0.15, 0.2) is 5.78 Å². The normalized spacial score (nSPS) is 21.4. The number of Topliss-reactive ketones (excluding diaryl/α,β-unsaturated/α-hetero) is 1. The molecule has 0 spiro atoms. The highest BCUT2D eigenvalue weighted by atomic mass is 16.1. The summed E-state index contributed by atoms with van der Waals surface area (Å²) in [4.78, 5) is 11.9. The number of aryl methyl sites for hydroxylation is 1. The lowest BCUT2D eigenvalue weighted by atomic mass is 9.85. The first-order valence-corrected chi connectivity index (χ1v) is 5.22. The van der Waals surface area contributed by atoms with Crippen LogP contribution >= 0.6 is 0 Å². The Hall–Kier alpha value is -1.12. The van der Waals surface area contributed by atoms with Crippen molar-refractivity contribution >= 4 is 5.78 Å². The van der Waals surface area contributed by atoms with Crippen molar-refractivity contribution in [1.29, 1.82) is 0 Å². The summed E-state index contributed by atoms with van der Waals surface area (Å²) in [7, 11) is 0. The molecule has 1 heterocycles. The van der Waals surface area contributed by atoms with E-state index in [2.05, 4.69) is 24.0 Å². The molecule has 0 aromatic carbocycles. The highest BCUT2D eigenvalue weighted by Crippen LogP contribution is 2.29. The van der Waals surface area contributed by atoms with Crippen LogP contribution in [0, 0.1) is 5.92 Å². The standard InChI is InChI=1S/C11H16N2O/c1-6(2)10-9-8(12-13-10)5-4-7(3)11(9)14/h6-7H,4-5H2,1-3H3,(H,12,13). The zero-order valence-corrected chi connectivity index (χ0v) is 8.92. The molecule has 0 saturated carbocycles. The fourth-order valence-electron chi connectivity index (χ4n) is 2.01. The van der Waals surface area contributed by atoms with Gasteiger partial charge in [-0.1, -0.05) is 20.8 Å². The fourth-order valence-corrected chi connectivity index (χ4v) is 2.01. The van der Waals surface area contributed by atoms with Gasteiger partial charge in [0.05, 0.1) is 11.3 Å². The molecule has 0 amide bonds. The summed E-state index contributed by atoms with van der Waals surface area (Å²) >= 11 is 0. The molecular weight excluding hydrogens is 176 g/mol. The number of nitrogens with zero attached hydrogens (tertiary/aromatic N) is 1. The first-order chi connectivity index (χ1) is 6.61. The number of carbonyl (C=O) groups is 1. The van der Waals surface area contributed by atoms with E-state index in [4.69, 9.17) is 0 Å². The van der Waals surface area contributed by atoms with E-state index in [0.29, 0.717) is 5.92 Å². The van der Waals surface area contributed by atoms with Crippen molar-refractivity contribution in [2.75, 3.05) is 0 Å². The van der Waals surface area contributed by atoms with E-state index in [1.54, 1.807) is 0 Å². The summed E-state index contributed by atoms with van der Waals surface area (Å²) in [5.41, 5.74) is 2.85. The van der Waals surface area contributed by atoms with Crippen molar-refractivity contribution in [3.05, 3.63) is 17.0 Å². The van der Waals surface area contributed by atoms with Gasteiger partial charge in [0, 0.05) is 11.6 Å². The molecular formula is C11H16N2O. The maximum atomic E-state index is 11.9. The third-order valence-corrected chi connectivity index (χ3v) is 2.94. The number of carbonyl (C=O) groups excluding carboxylic acids is 1. The Morgan fingerprint density at radius 1 is 1.50 bits per heavy atom. The Labute approximate surface area is 83.9 Å². The smallest absolute Gasteiger partial charge is 0.169 e. The van der Waals surface area contributed by atoms with Crippen molar-refractivity contribution in [3.8, 4) is 0 Å². The SMILES string of the molecule is CC1CCc2[nH]nc(C(C)C)c2C1=O. The van der Waals surface area contributed by atoms with Crippen LogP contribution in [0.25, 0.3) is 0 Å². The molecule has 14 heavy (non-hydrogen) atoms. The predicted molar refractivity (Wildman–Crippen MR) is 54.5 cm³/mol. The average Bonchev–Trinajstić information content (AvgIpc) is 2.55. The Morgan fingerprint density at radius 2 is 2.21 bits per heavy atom. The minimum absolute atomic E-state index is 0.164. The number of rotatable bonds is 1. The summed E-state index contributed by atoms with van der Waals surface area (Å²) in [6.07, 6.45) is 1.91. The summed E-state index contributed by atoms with van der Waals surface area (Å²) in [6, 6.07) is 0. The number of aromatic nitrogens is 2. The van der Waals surface area contributed by atoms with Gasteiger partial charge in [-0.3, -0.25) is 9.89 Å². The minimum Gasteiger partial charge on any atom is -0.294 e. The molecule has 0 saturated heterocycles. The van der Waals surface area contributed by atoms with Crippen LogP contribution in [-0.2, 0) is 6.42 Å². The van der Waals surface area contributed by atoms with Gasteiger partial charge in [0.2, 0.25) is 0 Å². The molecule has 2 rings (SSSR count). The molecule has 76 valence electrons. The van der Waals surface area contributed by atoms with Crippen LogP contribution in [-0.4, -0.2) is 16.0 Å². The fraction of sp³-hybridized carbons (Fsp3) is 0.636. The van der Waals surface area contributed by atoms with E-state index in [1.807, 2.05) is 6.92 Å². The largest absolute Gasteiger partial charge is 0.294 e. The number of hydrogen-bond donors (Lipinski definition) is 1. The van der Waals surface area contributed by atoms with Crippen LogP contribution in [0.15, 0.2) is 0 Å². The maximum Gasteiger partial charge on any atom is 0.169 e. The number of ketones is 1. The van der Waals surface area contributed by atoms with Crippen molar-refractivity contribution in [3.63, 3.8) is 0 Å². The quantitative estimate of drug-likeness (QED) is 0.742. The molecule has 1 atom stereocenters. The Bertz CT molecular complexity index is 365. The molecule has 1 aliphatic rings. The second-order valence-electron chi connectivity index (χ2n) is 4.42. The van der Waals surface area contributed by atoms with Crippen molar-refractivity contribution in [2.24, 2.45) is 5.92 Å². The van der Waals surface area contributed by atoms with Gasteiger partial charge < -0.3 is 0 Å². The molecule has 1 N–H and O–H groups in total. The second-order valence-corrected chi connectivity index (χ2v) is 4.42. The Kier molecular flexibility index (Phi) is 2.17. The Balaban J connectivity index is 2.50. The molecule has 1 aromatic heterocycles. The summed E-state index contributed by atoms with van der Waals surface area (Å²) in [5, 5.41) is 7.22. The maximum absolute atomic E-state index is 11.9. The molecule has 3 heteroatoms. The second kappa shape index (κ2) is 3.23. The van der Waals surface area contributed by atoms with E-state index in [0.717, 1.165) is 29.8 Å². The van der Waals surface area contributed by atoms with E-state index in [1.165, 1.54) is 0 Å². The highest BCUT2D eigenvalue weighted by molar-refractivity contribution is 6.00. The van der Waals surface area contributed by atoms with Gasteiger partial charge in [-0.15, -0.1) is 0 Å². The topological polar surface area (TPSA) is 45.8 Å². The third kappa shape index (κ3) is 1.27. The number of hydrogen-bond acceptors (Lipinski definition) is 2. The van der Waals surface area contributed by atoms with Gasteiger partial charge >= 0.3 is 0 Å². The van der Waals surface area contributed by atoms with Gasteiger partial charge in [0.25, 0.3) is 0 Å². The highest BCUT2D eigenvalue weighted by Gasteiger charge is 2.29. The van der Waals surface area contributed by atoms with Crippen LogP contribution in [0.4, 0.5) is 0 Å². The van der Waals surface area contributed by atoms with Crippen LogP contribution in [0.5, 0.6) is 0 Å². The van der Waals surface area contributed by atoms with Gasteiger partial charge in [-0.25, -0.2) is 0 Å². The van der Waals surface area contributed by atoms with E-state index >= 15 is 0 Å². The summed E-state index contributed by atoms with van der Waals surface area (Å²) < 4.78 is 0. The van der Waals surface area contributed by atoms with Crippen LogP contribution in [0.2, 0.25) is 0 Å². The van der Waals surface area contributed by atoms with Crippen molar-refractivity contribution in [1.82, 2.24) is 10.2 Å². The van der Waals surface area contributed by atoms with E-state index in [-0.39, 0.29) is 11.7 Å². The molecule has 0 bridgehead atoms. The zero-order chi connectivity index (χ0) is 10.3. The van der Waals surface area contributed by atoms with Gasteiger partial charge in [0.1, 0.15) is 0 Å². The number of aromatic amines is 1. The van der Waals surface area contributed by atoms with Gasteiger partial charge in [-0.2, -0.15) is 5.10 Å². The first-order valence-electron chi connectivity index (χ1n) is 5.22.